The van der Waals surface area contributed by atoms with E-state index >= 15 is 0 Å². The van der Waals surface area contributed by atoms with Crippen molar-refractivity contribution in [1.29, 1.82) is 0 Å². The molecule has 0 fully saturated rings. The number of benzene rings is 3. The summed E-state index contributed by atoms with van der Waals surface area (Å²) in [5.74, 6) is -1.97. The molecule has 0 aliphatic rings. The molecule has 2 N–H and O–H groups in total. The summed E-state index contributed by atoms with van der Waals surface area (Å²) in [5.41, 5.74) is 2.85. The minimum Gasteiger partial charge on any atom is -0.478 e. The number of aromatic carboxylic acids is 2. The lowest BCUT2D eigenvalue weighted by Crippen LogP contribution is -2.10. The Kier molecular flexibility index (Phi) is 4.48. The molecule has 25 heavy (non-hydrogen) atoms. The third-order valence-electron chi connectivity index (χ3n) is 3.76. The van der Waals surface area contributed by atoms with Gasteiger partial charge in [-0.1, -0.05) is 18.2 Å². The fourth-order valence-electron chi connectivity index (χ4n) is 2.53. The van der Waals surface area contributed by atoms with E-state index in [2.05, 4.69) is 0 Å². The van der Waals surface area contributed by atoms with Gasteiger partial charge in [0.1, 0.15) is 0 Å². The quantitative estimate of drug-likeness (QED) is 0.716. The molecule has 3 aromatic rings. The van der Waals surface area contributed by atoms with Gasteiger partial charge in [-0.3, -0.25) is 0 Å². The van der Waals surface area contributed by atoms with Crippen molar-refractivity contribution in [3.63, 3.8) is 0 Å². The normalized spacial score (nSPS) is 10.2. The zero-order chi connectivity index (χ0) is 17.8. The Hall–Kier alpha value is -3.60. The number of para-hydroxylation sites is 1. The molecule has 0 aromatic heterocycles. The van der Waals surface area contributed by atoms with Crippen LogP contribution < -0.4 is 4.90 Å². The van der Waals surface area contributed by atoms with Gasteiger partial charge in [0, 0.05) is 17.1 Å². The van der Waals surface area contributed by atoms with Crippen LogP contribution in [0.15, 0.2) is 78.9 Å². The Morgan fingerprint density at radius 2 is 0.920 bits per heavy atom. The van der Waals surface area contributed by atoms with Gasteiger partial charge in [-0.15, -0.1) is 0 Å². The topological polar surface area (TPSA) is 77.8 Å². The number of hydrogen-bond donors (Lipinski definition) is 2. The van der Waals surface area contributed by atoms with E-state index in [1.165, 1.54) is 0 Å². The Bertz CT molecular complexity index is 830. The van der Waals surface area contributed by atoms with E-state index in [0.717, 1.165) is 17.1 Å². The van der Waals surface area contributed by atoms with Gasteiger partial charge >= 0.3 is 11.9 Å². The smallest absolute Gasteiger partial charge is 0.335 e. The van der Waals surface area contributed by atoms with E-state index in [9.17, 15) is 9.59 Å². The average molecular weight is 333 g/mol. The number of carboxylic acids is 2. The second-order valence-corrected chi connectivity index (χ2v) is 5.38. The van der Waals surface area contributed by atoms with E-state index in [0.29, 0.717) is 0 Å². The molecule has 0 atom stereocenters. The lowest BCUT2D eigenvalue weighted by Gasteiger charge is -2.25. The molecule has 0 saturated carbocycles. The van der Waals surface area contributed by atoms with Crippen molar-refractivity contribution >= 4 is 29.0 Å². The second kappa shape index (κ2) is 6.88. The molecule has 0 spiro atoms. The lowest BCUT2D eigenvalue weighted by molar-refractivity contribution is 0.0686. The third kappa shape index (κ3) is 3.50. The molecule has 0 saturated heterocycles. The number of nitrogens with zero attached hydrogens (tertiary/aromatic N) is 1. The molecule has 5 heteroatoms. The molecule has 124 valence electrons. The van der Waals surface area contributed by atoms with Gasteiger partial charge in [0.05, 0.1) is 11.1 Å². The molecule has 0 aliphatic heterocycles. The first-order chi connectivity index (χ1) is 12.1. The van der Waals surface area contributed by atoms with E-state index in [1.807, 2.05) is 35.2 Å². The van der Waals surface area contributed by atoms with Crippen molar-refractivity contribution in [3.05, 3.63) is 90.0 Å². The Labute approximate surface area is 144 Å². The van der Waals surface area contributed by atoms with Gasteiger partial charge in [-0.05, 0) is 60.7 Å². The van der Waals surface area contributed by atoms with Crippen molar-refractivity contribution in [1.82, 2.24) is 0 Å². The number of carbonyl (C=O) groups is 2. The zero-order valence-electron chi connectivity index (χ0n) is 13.2. The van der Waals surface area contributed by atoms with Crippen molar-refractivity contribution < 1.29 is 19.8 Å². The maximum Gasteiger partial charge on any atom is 0.335 e. The van der Waals surface area contributed by atoms with Crippen LogP contribution in [0.1, 0.15) is 20.7 Å². The van der Waals surface area contributed by atoms with Gasteiger partial charge in [-0.2, -0.15) is 0 Å². The van der Waals surface area contributed by atoms with Gasteiger partial charge < -0.3 is 15.1 Å². The summed E-state index contributed by atoms with van der Waals surface area (Å²) in [5, 5.41) is 18.1. The van der Waals surface area contributed by atoms with Crippen LogP contribution in [0.3, 0.4) is 0 Å². The van der Waals surface area contributed by atoms with Crippen molar-refractivity contribution in [3.8, 4) is 0 Å². The summed E-state index contributed by atoms with van der Waals surface area (Å²) in [4.78, 5) is 24.0. The molecule has 3 rings (SSSR count). The first-order valence-corrected chi connectivity index (χ1v) is 7.58. The van der Waals surface area contributed by atoms with Gasteiger partial charge in [0.15, 0.2) is 0 Å². The highest BCUT2D eigenvalue weighted by Crippen LogP contribution is 2.34. The fourth-order valence-corrected chi connectivity index (χ4v) is 2.53. The summed E-state index contributed by atoms with van der Waals surface area (Å²) in [6.07, 6.45) is 0. The molecule has 0 aliphatic carbocycles. The van der Waals surface area contributed by atoms with Crippen molar-refractivity contribution in [2.75, 3.05) is 4.90 Å². The Morgan fingerprint density at radius 3 is 1.28 bits per heavy atom. The van der Waals surface area contributed by atoms with E-state index in [4.69, 9.17) is 10.2 Å². The predicted octanol–water partition coefficient (Wildman–Crippen LogP) is 4.55. The summed E-state index contributed by atoms with van der Waals surface area (Å²) in [7, 11) is 0. The maximum atomic E-state index is 11.1. The van der Waals surface area contributed by atoms with Gasteiger partial charge in [-0.25, -0.2) is 9.59 Å². The second-order valence-electron chi connectivity index (χ2n) is 5.38. The number of hydrogen-bond acceptors (Lipinski definition) is 3. The van der Waals surface area contributed by atoms with Crippen LogP contribution in [-0.4, -0.2) is 22.2 Å². The first-order valence-electron chi connectivity index (χ1n) is 7.58. The minimum atomic E-state index is -0.983. The van der Waals surface area contributed by atoms with Crippen LogP contribution in [0, 0.1) is 0 Å². The van der Waals surface area contributed by atoms with Crippen LogP contribution in [-0.2, 0) is 0 Å². The summed E-state index contributed by atoms with van der Waals surface area (Å²) >= 11 is 0. The highest BCUT2D eigenvalue weighted by molar-refractivity contribution is 5.90. The highest BCUT2D eigenvalue weighted by Gasteiger charge is 2.13. The van der Waals surface area contributed by atoms with Gasteiger partial charge in [0.25, 0.3) is 0 Å². The van der Waals surface area contributed by atoms with E-state index in [1.54, 1.807) is 48.5 Å². The van der Waals surface area contributed by atoms with Crippen LogP contribution in [0.5, 0.6) is 0 Å². The van der Waals surface area contributed by atoms with Crippen molar-refractivity contribution in [2.45, 2.75) is 0 Å². The van der Waals surface area contributed by atoms with Gasteiger partial charge in [0.2, 0.25) is 0 Å². The zero-order valence-corrected chi connectivity index (χ0v) is 13.2. The summed E-state index contributed by atoms with van der Waals surface area (Å²) in [6.45, 7) is 0. The minimum absolute atomic E-state index is 0.206. The van der Waals surface area contributed by atoms with Crippen LogP contribution >= 0.6 is 0 Å². The summed E-state index contributed by atoms with van der Waals surface area (Å²) in [6, 6.07) is 22.6. The molecular formula is C20H15NO4. The molecule has 0 unspecified atom stereocenters. The number of rotatable bonds is 5. The predicted molar refractivity (Wildman–Crippen MR) is 95.0 cm³/mol. The van der Waals surface area contributed by atoms with Crippen LogP contribution in [0.4, 0.5) is 17.1 Å². The lowest BCUT2D eigenvalue weighted by atomic mass is 10.1. The van der Waals surface area contributed by atoms with Crippen LogP contribution in [0.2, 0.25) is 0 Å². The molecule has 0 bridgehead atoms. The average Bonchev–Trinajstić information content (AvgIpc) is 2.64. The summed E-state index contributed by atoms with van der Waals surface area (Å²) < 4.78 is 0. The molecule has 0 radical (unpaired) electrons. The third-order valence-corrected chi connectivity index (χ3v) is 3.76. The fraction of sp³-hybridized carbons (Fsp3) is 0. The SMILES string of the molecule is O=C(O)c1ccc(N(c2ccccc2)c2ccc(C(=O)O)cc2)cc1. The molecule has 5 nitrogen and oxygen atoms in total. The molecule has 0 heterocycles. The van der Waals surface area contributed by atoms with Crippen LogP contribution in [0.25, 0.3) is 0 Å². The molecule has 3 aromatic carbocycles. The Balaban J connectivity index is 2.07. The maximum absolute atomic E-state index is 11.1. The van der Waals surface area contributed by atoms with E-state index in [-0.39, 0.29) is 11.1 Å². The molecular weight excluding hydrogens is 318 g/mol. The monoisotopic (exact) mass is 333 g/mol. The largest absolute Gasteiger partial charge is 0.478 e. The Morgan fingerprint density at radius 1 is 0.560 bits per heavy atom. The highest BCUT2D eigenvalue weighted by atomic mass is 16.4. The number of carboxylic acid groups (broad SMARTS) is 2. The standard InChI is InChI=1S/C20H15NO4/c22-19(23)14-6-10-17(11-7-14)21(16-4-2-1-3-5-16)18-12-8-15(9-13-18)20(24)25/h1-13H,(H,22,23)(H,24,25). The number of anilines is 3. The van der Waals surface area contributed by atoms with E-state index < -0.39 is 11.9 Å². The molecule has 0 amide bonds. The first kappa shape index (κ1) is 16.3. The van der Waals surface area contributed by atoms with Crippen molar-refractivity contribution in [2.24, 2.45) is 0 Å².